The Morgan fingerprint density at radius 2 is 2.14 bits per heavy atom. The topological polar surface area (TPSA) is 84.2 Å². The van der Waals surface area contributed by atoms with Gasteiger partial charge in [0, 0.05) is 18.6 Å². The van der Waals surface area contributed by atoms with Crippen molar-refractivity contribution in [1.29, 1.82) is 0 Å². The first-order valence-electron chi connectivity index (χ1n) is 5.06. The van der Waals surface area contributed by atoms with E-state index in [1.54, 1.807) is 0 Å². The van der Waals surface area contributed by atoms with Gasteiger partial charge in [0.1, 0.15) is 0 Å². The van der Waals surface area contributed by atoms with Crippen LogP contribution in [0.4, 0.5) is 0 Å². The lowest BCUT2D eigenvalue weighted by molar-refractivity contribution is 0.547. The fourth-order valence-electron chi connectivity index (χ4n) is 1.05. The fourth-order valence-corrected chi connectivity index (χ4v) is 2.19. The number of hydrogen-bond donors (Lipinski definition) is 3. The molecule has 1 rings (SSSR count). The van der Waals surface area contributed by atoms with Crippen LogP contribution in [0.2, 0.25) is 0 Å². The van der Waals surface area contributed by atoms with E-state index in [0.717, 1.165) is 19.3 Å². The summed E-state index contributed by atoms with van der Waals surface area (Å²) in [4.78, 5) is 0. The van der Waals surface area contributed by atoms with Crippen LogP contribution in [0.1, 0.15) is 32.6 Å². The van der Waals surface area contributed by atoms with Gasteiger partial charge in [0.2, 0.25) is 0 Å². The van der Waals surface area contributed by atoms with Gasteiger partial charge < -0.3 is 5.73 Å². The molecular weight excluding hydrogens is 202 g/mol. The highest BCUT2D eigenvalue weighted by Gasteiger charge is 2.26. The van der Waals surface area contributed by atoms with Crippen molar-refractivity contribution in [3.63, 3.8) is 0 Å². The first-order chi connectivity index (χ1) is 6.53. The minimum atomic E-state index is -3.28. The van der Waals surface area contributed by atoms with Gasteiger partial charge in [-0.1, -0.05) is 6.92 Å². The van der Waals surface area contributed by atoms with Crippen LogP contribution in [-0.4, -0.2) is 27.0 Å². The molecule has 0 saturated heterocycles. The summed E-state index contributed by atoms with van der Waals surface area (Å²) >= 11 is 0. The van der Waals surface area contributed by atoms with Gasteiger partial charge in [-0.25, -0.2) is 4.72 Å². The van der Waals surface area contributed by atoms with Gasteiger partial charge in [0.15, 0.2) is 0 Å². The maximum absolute atomic E-state index is 11.3. The van der Waals surface area contributed by atoms with E-state index in [0.29, 0.717) is 13.0 Å². The van der Waals surface area contributed by atoms with E-state index in [1.807, 2.05) is 6.92 Å². The van der Waals surface area contributed by atoms with E-state index in [9.17, 15) is 8.42 Å². The molecule has 0 heterocycles. The Morgan fingerprint density at radius 1 is 1.50 bits per heavy atom. The Hall–Kier alpha value is -0.170. The van der Waals surface area contributed by atoms with Crippen LogP contribution < -0.4 is 15.2 Å². The van der Waals surface area contributed by atoms with Crippen molar-refractivity contribution in [2.45, 2.75) is 44.7 Å². The van der Waals surface area contributed by atoms with E-state index in [2.05, 4.69) is 9.44 Å². The highest BCUT2D eigenvalue weighted by Crippen LogP contribution is 2.19. The summed E-state index contributed by atoms with van der Waals surface area (Å²) in [6, 6.07) is 0.242. The molecule has 0 bridgehead atoms. The van der Waals surface area contributed by atoms with Crippen LogP contribution in [0.5, 0.6) is 0 Å². The third kappa shape index (κ3) is 4.90. The lowest BCUT2D eigenvalue weighted by Crippen LogP contribution is -2.39. The summed E-state index contributed by atoms with van der Waals surface area (Å²) in [7, 11) is -3.28. The van der Waals surface area contributed by atoms with Gasteiger partial charge in [-0.15, -0.1) is 0 Å². The Kier molecular flexibility index (Phi) is 4.31. The zero-order chi connectivity index (χ0) is 10.6. The molecule has 0 aromatic rings. The molecule has 14 heavy (non-hydrogen) atoms. The molecule has 4 N–H and O–H groups in total. The average Bonchev–Trinajstić information content (AvgIpc) is 2.86. The Bertz CT molecular complexity index is 262. The molecule has 0 aromatic heterocycles. The van der Waals surface area contributed by atoms with Gasteiger partial charge in [-0.3, -0.25) is 0 Å². The standard InChI is InChI=1S/C8H19N3O2S/c1-2-7(9)5-6-10-14(12,13)11-8-3-4-8/h7-8,10-11H,2-6,9H2,1H3. The molecular formula is C8H19N3O2S. The molecule has 1 aliphatic carbocycles. The van der Waals surface area contributed by atoms with Crippen molar-refractivity contribution < 1.29 is 8.42 Å². The van der Waals surface area contributed by atoms with E-state index in [4.69, 9.17) is 5.73 Å². The summed E-state index contributed by atoms with van der Waals surface area (Å²) in [5, 5.41) is 0. The van der Waals surface area contributed by atoms with E-state index in [1.165, 1.54) is 0 Å². The molecule has 1 aliphatic rings. The normalized spacial score (nSPS) is 19.6. The largest absolute Gasteiger partial charge is 0.328 e. The minimum absolute atomic E-state index is 0.0821. The SMILES string of the molecule is CCC(N)CCNS(=O)(=O)NC1CC1. The molecule has 84 valence electrons. The van der Waals surface area contributed by atoms with Gasteiger partial charge in [-0.05, 0) is 25.7 Å². The van der Waals surface area contributed by atoms with Gasteiger partial charge in [0.05, 0.1) is 0 Å². The van der Waals surface area contributed by atoms with Crippen molar-refractivity contribution in [2.75, 3.05) is 6.54 Å². The molecule has 0 spiro atoms. The van der Waals surface area contributed by atoms with Crippen LogP contribution in [0.3, 0.4) is 0 Å². The van der Waals surface area contributed by atoms with Crippen molar-refractivity contribution >= 4 is 10.2 Å². The summed E-state index contributed by atoms with van der Waals surface area (Å²) in [6.45, 7) is 2.40. The Morgan fingerprint density at radius 3 is 2.64 bits per heavy atom. The summed E-state index contributed by atoms with van der Waals surface area (Å²) in [5.41, 5.74) is 5.66. The maximum Gasteiger partial charge on any atom is 0.277 e. The maximum atomic E-state index is 11.3. The van der Waals surface area contributed by atoms with Crippen LogP contribution in [0.15, 0.2) is 0 Å². The molecule has 1 saturated carbocycles. The summed E-state index contributed by atoms with van der Waals surface area (Å²) < 4.78 is 27.6. The molecule has 6 heteroatoms. The average molecular weight is 221 g/mol. The number of hydrogen-bond acceptors (Lipinski definition) is 3. The molecule has 1 fully saturated rings. The van der Waals surface area contributed by atoms with Crippen LogP contribution in [0.25, 0.3) is 0 Å². The van der Waals surface area contributed by atoms with Crippen LogP contribution in [-0.2, 0) is 10.2 Å². The summed E-state index contributed by atoms with van der Waals surface area (Å²) in [6.07, 6.45) is 3.46. The Balaban J connectivity index is 2.15. The van der Waals surface area contributed by atoms with Gasteiger partial charge in [-0.2, -0.15) is 13.1 Å². The lowest BCUT2D eigenvalue weighted by atomic mass is 10.2. The van der Waals surface area contributed by atoms with Crippen LogP contribution >= 0.6 is 0 Å². The molecule has 0 amide bonds. The van der Waals surface area contributed by atoms with E-state index >= 15 is 0 Å². The molecule has 0 aliphatic heterocycles. The second-order valence-corrected chi connectivity index (χ2v) is 5.28. The number of rotatable bonds is 7. The molecule has 1 unspecified atom stereocenters. The monoisotopic (exact) mass is 221 g/mol. The zero-order valence-corrected chi connectivity index (χ0v) is 9.31. The molecule has 0 aromatic carbocycles. The smallest absolute Gasteiger partial charge is 0.277 e. The molecule has 1 atom stereocenters. The predicted molar refractivity (Wildman–Crippen MR) is 56.0 cm³/mol. The van der Waals surface area contributed by atoms with Gasteiger partial charge in [0.25, 0.3) is 10.2 Å². The molecule has 0 radical (unpaired) electrons. The number of nitrogens with one attached hydrogen (secondary N) is 2. The van der Waals surface area contributed by atoms with E-state index < -0.39 is 10.2 Å². The quantitative estimate of drug-likeness (QED) is 0.552. The minimum Gasteiger partial charge on any atom is -0.328 e. The van der Waals surface area contributed by atoms with Crippen molar-refractivity contribution in [2.24, 2.45) is 5.73 Å². The lowest BCUT2D eigenvalue weighted by Gasteiger charge is -2.10. The fraction of sp³-hybridized carbons (Fsp3) is 1.00. The van der Waals surface area contributed by atoms with E-state index in [-0.39, 0.29) is 12.1 Å². The second kappa shape index (κ2) is 5.06. The highest BCUT2D eigenvalue weighted by atomic mass is 32.2. The van der Waals surface area contributed by atoms with Crippen molar-refractivity contribution in [3.05, 3.63) is 0 Å². The third-order valence-electron chi connectivity index (χ3n) is 2.23. The predicted octanol–water partition coefficient (Wildman–Crippen LogP) is -0.300. The van der Waals surface area contributed by atoms with Crippen molar-refractivity contribution in [1.82, 2.24) is 9.44 Å². The number of nitrogens with two attached hydrogens (primary N) is 1. The first-order valence-corrected chi connectivity index (χ1v) is 6.54. The third-order valence-corrected chi connectivity index (χ3v) is 3.46. The molecule has 5 nitrogen and oxygen atoms in total. The second-order valence-electron chi connectivity index (χ2n) is 3.75. The van der Waals surface area contributed by atoms with Gasteiger partial charge >= 0.3 is 0 Å². The Labute approximate surface area is 85.6 Å². The van der Waals surface area contributed by atoms with Crippen molar-refractivity contribution in [3.8, 4) is 0 Å². The first kappa shape index (κ1) is 11.9. The van der Waals surface area contributed by atoms with Crippen LogP contribution in [0, 0.1) is 0 Å². The highest BCUT2D eigenvalue weighted by molar-refractivity contribution is 7.87. The zero-order valence-electron chi connectivity index (χ0n) is 8.49. The summed E-state index contributed by atoms with van der Waals surface area (Å²) in [5.74, 6) is 0.